The van der Waals surface area contributed by atoms with Crippen molar-refractivity contribution in [1.29, 1.82) is 5.26 Å². The molecule has 0 aliphatic carbocycles. The Labute approximate surface area is 136 Å². The van der Waals surface area contributed by atoms with Crippen molar-refractivity contribution in [3.05, 3.63) is 69.5 Å². The molecule has 3 rings (SSSR count). The quantitative estimate of drug-likeness (QED) is 0.690. The summed E-state index contributed by atoms with van der Waals surface area (Å²) >= 11 is 1.33. The number of hydrogen-bond donors (Lipinski definition) is 0. The summed E-state index contributed by atoms with van der Waals surface area (Å²) in [4.78, 5) is 16.2. The fourth-order valence-electron chi connectivity index (χ4n) is 2.17. The zero-order valence-electron chi connectivity index (χ0n) is 12.3. The van der Waals surface area contributed by atoms with Gasteiger partial charge in [0.25, 0.3) is 5.56 Å². The summed E-state index contributed by atoms with van der Waals surface area (Å²) in [5, 5.41) is 10.4. The van der Waals surface area contributed by atoms with Crippen molar-refractivity contribution in [3.8, 4) is 11.8 Å². The molecule has 4 nitrogen and oxygen atoms in total. The molecule has 0 saturated carbocycles. The van der Waals surface area contributed by atoms with Crippen LogP contribution in [0.1, 0.15) is 10.6 Å². The fraction of sp³-hybridized carbons (Fsp3) is 0.0556. The van der Waals surface area contributed by atoms with Crippen LogP contribution in [-0.4, -0.2) is 12.1 Å². The summed E-state index contributed by atoms with van der Waals surface area (Å²) in [5.74, 6) is 0.704. The lowest BCUT2D eigenvalue weighted by molar-refractivity contribution is 0.414. The largest absolute Gasteiger partial charge is 0.497 e. The highest BCUT2D eigenvalue weighted by Gasteiger charge is 2.09. The fourth-order valence-corrected chi connectivity index (χ4v) is 3.13. The Morgan fingerprint density at radius 1 is 1.26 bits per heavy atom. The molecule has 3 aromatic rings. The lowest BCUT2D eigenvalue weighted by atomic mass is 10.1. The number of fused-ring (bicyclic) bond motifs is 1. The number of nitriles is 1. The molecule has 1 aromatic heterocycles. The van der Waals surface area contributed by atoms with Gasteiger partial charge < -0.3 is 4.74 Å². The summed E-state index contributed by atoms with van der Waals surface area (Å²) in [6.07, 6.45) is 1.70. The average Bonchev–Trinajstić information content (AvgIpc) is 2.60. The number of rotatable bonds is 3. The molecule has 0 N–H and O–H groups in total. The molecule has 0 spiro atoms. The maximum Gasteiger partial charge on any atom is 0.279 e. The van der Waals surface area contributed by atoms with Gasteiger partial charge in [-0.1, -0.05) is 24.3 Å². The third-order valence-corrected chi connectivity index (χ3v) is 4.36. The van der Waals surface area contributed by atoms with Gasteiger partial charge in [0.2, 0.25) is 0 Å². The smallest absolute Gasteiger partial charge is 0.279 e. The van der Waals surface area contributed by atoms with Crippen molar-refractivity contribution in [1.82, 2.24) is 4.98 Å². The average molecular weight is 320 g/mol. The van der Waals surface area contributed by atoms with Crippen LogP contribution in [0.25, 0.3) is 21.7 Å². The molecule has 0 fully saturated rings. The van der Waals surface area contributed by atoms with E-state index in [1.807, 2.05) is 36.4 Å². The zero-order valence-corrected chi connectivity index (χ0v) is 13.1. The molecule has 0 atom stereocenters. The number of aromatic nitrogens is 1. The maximum absolute atomic E-state index is 12.1. The van der Waals surface area contributed by atoms with Gasteiger partial charge in [-0.25, -0.2) is 0 Å². The van der Waals surface area contributed by atoms with Crippen molar-refractivity contribution in [2.24, 2.45) is 0 Å². The van der Waals surface area contributed by atoms with E-state index in [0.717, 1.165) is 10.3 Å². The Morgan fingerprint density at radius 3 is 2.87 bits per heavy atom. The first-order valence-corrected chi connectivity index (χ1v) is 7.69. The second-order valence-corrected chi connectivity index (χ2v) is 5.80. The first kappa shape index (κ1) is 14.9. The van der Waals surface area contributed by atoms with Crippen LogP contribution in [0.4, 0.5) is 0 Å². The van der Waals surface area contributed by atoms with E-state index in [1.54, 1.807) is 25.3 Å². The van der Waals surface area contributed by atoms with E-state index in [9.17, 15) is 10.1 Å². The van der Waals surface area contributed by atoms with Crippen LogP contribution in [-0.2, 0) is 0 Å². The van der Waals surface area contributed by atoms with Crippen molar-refractivity contribution >= 4 is 33.1 Å². The molecule has 2 aromatic carbocycles. The van der Waals surface area contributed by atoms with Gasteiger partial charge in [0.05, 0.1) is 18.1 Å². The molecule has 0 radical (unpaired) electrons. The minimum atomic E-state index is -0.318. The number of methoxy groups -OCH3 is 1. The molecule has 0 unspecified atom stereocenters. The standard InChI is InChI=1S/C18H12N2O2S/c1-22-14-6-4-5-12(10-14)9-13(11-19)18-20-17(21)15-7-2-3-8-16(15)23-18/h2-10H,1H3. The molecule has 112 valence electrons. The van der Waals surface area contributed by atoms with E-state index < -0.39 is 0 Å². The van der Waals surface area contributed by atoms with Crippen LogP contribution in [0.15, 0.2) is 53.3 Å². The Bertz CT molecular complexity index is 1000. The normalized spacial score (nSPS) is 11.2. The van der Waals surface area contributed by atoms with Gasteiger partial charge in [-0.2, -0.15) is 10.2 Å². The van der Waals surface area contributed by atoms with Gasteiger partial charge in [-0.3, -0.25) is 4.79 Å². The molecular weight excluding hydrogens is 308 g/mol. The summed E-state index contributed by atoms with van der Waals surface area (Å²) < 4.78 is 5.99. The van der Waals surface area contributed by atoms with Crippen LogP contribution in [0.5, 0.6) is 5.75 Å². The SMILES string of the molecule is COc1cccc(C=C(C#N)c2nc(=O)c3ccccc3s2)c1. The van der Waals surface area contributed by atoms with Gasteiger partial charge in [-0.05, 0) is 35.9 Å². The topological polar surface area (TPSA) is 63.0 Å². The highest BCUT2D eigenvalue weighted by molar-refractivity contribution is 7.19. The van der Waals surface area contributed by atoms with Gasteiger partial charge in [-0.15, -0.1) is 11.3 Å². The predicted molar refractivity (Wildman–Crippen MR) is 92.4 cm³/mol. The van der Waals surface area contributed by atoms with Crippen LogP contribution in [0.3, 0.4) is 0 Å². The second kappa shape index (κ2) is 6.42. The number of hydrogen-bond acceptors (Lipinski definition) is 5. The number of nitrogens with zero attached hydrogens (tertiary/aromatic N) is 2. The van der Waals surface area contributed by atoms with Gasteiger partial charge in [0, 0.05) is 4.70 Å². The van der Waals surface area contributed by atoms with E-state index in [2.05, 4.69) is 11.1 Å². The number of allylic oxidation sites excluding steroid dienone is 1. The van der Waals surface area contributed by atoms with E-state index in [-0.39, 0.29) is 5.56 Å². The lowest BCUT2D eigenvalue weighted by Crippen LogP contribution is -2.07. The molecule has 23 heavy (non-hydrogen) atoms. The van der Waals surface area contributed by atoms with Gasteiger partial charge in [0.1, 0.15) is 16.8 Å². The summed E-state index contributed by atoms with van der Waals surface area (Å²) in [7, 11) is 1.59. The molecule has 0 bridgehead atoms. The third-order valence-electron chi connectivity index (χ3n) is 3.28. The number of ether oxygens (including phenoxy) is 1. The summed E-state index contributed by atoms with van der Waals surface area (Å²) in [6, 6.07) is 16.7. The zero-order chi connectivity index (χ0) is 16.2. The molecule has 0 saturated heterocycles. The maximum atomic E-state index is 12.1. The van der Waals surface area contributed by atoms with E-state index in [4.69, 9.17) is 4.74 Å². The van der Waals surface area contributed by atoms with Gasteiger partial charge >= 0.3 is 0 Å². The van der Waals surface area contributed by atoms with Crippen LogP contribution in [0.2, 0.25) is 0 Å². The van der Waals surface area contributed by atoms with Crippen LogP contribution >= 0.6 is 11.3 Å². The first-order valence-electron chi connectivity index (χ1n) is 6.87. The third kappa shape index (κ3) is 3.12. The minimum absolute atomic E-state index is 0.318. The van der Waals surface area contributed by atoms with Crippen molar-refractivity contribution in [3.63, 3.8) is 0 Å². The van der Waals surface area contributed by atoms with Crippen LogP contribution < -0.4 is 10.3 Å². The van der Waals surface area contributed by atoms with Crippen molar-refractivity contribution in [2.45, 2.75) is 0 Å². The van der Waals surface area contributed by atoms with E-state index in [0.29, 0.717) is 21.7 Å². The molecule has 0 aliphatic rings. The van der Waals surface area contributed by atoms with Gasteiger partial charge in [0.15, 0.2) is 0 Å². The van der Waals surface area contributed by atoms with E-state index >= 15 is 0 Å². The minimum Gasteiger partial charge on any atom is -0.497 e. The van der Waals surface area contributed by atoms with Crippen molar-refractivity contribution in [2.75, 3.05) is 7.11 Å². The monoisotopic (exact) mass is 320 g/mol. The second-order valence-electron chi connectivity index (χ2n) is 4.77. The molecule has 1 heterocycles. The van der Waals surface area contributed by atoms with Crippen molar-refractivity contribution < 1.29 is 4.74 Å². The Kier molecular flexibility index (Phi) is 4.18. The summed E-state index contributed by atoms with van der Waals surface area (Å²) in [6.45, 7) is 0. The summed E-state index contributed by atoms with van der Waals surface area (Å²) in [5.41, 5.74) is 0.850. The number of benzene rings is 2. The molecule has 0 aliphatic heterocycles. The lowest BCUT2D eigenvalue weighted by Gasteiger charge is -2.02. The Morgan fingerprint density at radius 2 is 2.09 bits per heavy atom. The predicted octanol–water partition coefficient (Wildman–Crippen LogP) is 3.73. The highest BCUT2D eigenvalue weighted by Crippen LogP contribution is 2.25. The van der Waals surface area contributed by atoms with Crippen LogP contribution in [0, 0.1) is 11.3 Å². The first-order chi connectivity index (χ1) is 11.2. The molecule has 5 heteroatoms. The van der Waals surface area contributed by atoms with E-state index in [1.165, 1.54) is 11.3 Å². The molecule has 0 amide bonds. The highest BCUT2D eigenvalue weighted by atomic mass is 32.1. The molecular formula is C18H12N2O2S. The Hall–Kier alpha value is -2.97. The Balaban J connectivity index is 2.12.